The monoisotopic (exact) mass is 499 g/mol. The summed E-state index contributed by atoms with van der Waals surface area (Å²) in [4.78, 5) is 50.6. The number of halogens is 1. The summed E-state index contributed by atoms with van der Waals surface area (Å²) in [6, 6.07) is 4.34. The number of phenolic OH excluding ortho intramolecular Hbond substituents is 1. The van der Waals surface area contributed by atoms with Gasteiger partial charge in [0.2, 0.25) is 11.6 Å². The Labute approximate surface area is 198 Å². The predicted molar refractivity (Wildman–Crippen MR) is 117 cm³/mol. The maximum absolute atomic E-state index is 12.8. The summed E-state index contributed by atoms with van der Waals surface area (Å²) in [5.41, 5.74) is 4.86. The molecule has 0 spiro atoms. The topological polar surface area (TPSA) is 157 Å². The van der Waals surface area contributed by atoms with E-state index in [-0.39, 0.29) is 35.1 Å². The standard InChI is InChI=1S/C20H22ClN3O8S/c1-9(25)32-8-11-15(17(28)30-2)24-18(29)20(22,31-3)19(24)33-16(11)23-14(27)7-10-4-5-13(26)12(21)6-10/h4-6,16,19,26H,7-8,22H2,1-3H3,(H,23,27)/t16?,19-,20?/m1/s1. The van der Waals surface area contributed by atoms with Crippen molar-refractivity contribution in [2.75, 3.05) is 20.8 Å². The molecule has 4 N–H and O–H groups in total. The molecule has 1 aromatic carbocycles. The largest absolute Gasteiger partial charge is 0.506 e. The fraction of sp³-hybridized carbons (Fsp3) is 0.400. The molecule has 1 aromatic rings. The van der Waals surface area contributed by atoms with Gasteiger partial charge in [0, 0.05) is 19.6 Å². The Kier molecular flexibility index (Phi) is 7.22. The number of rotatable bonds is 7. The third kappa shape index (κ3) is 4.64. The molecule has 2 aliphatic heterocycles. The average molecular weight is 500 g/mol. The van der Waals surface area contributed by atoms with Crippen LogP contribution in [0.15, 0.2) is 29.5 Å². The lowest BCUT2D eigenvalue weighted by Gasteiger charge is -2.55. The summed E-state index contributed by atoms with van der Waals surface area (Å²) in [6.07, 6.45) is -0.100. The number of nitrogens with one attached hydrogen (secondary N) is 1. The van der Waals surface area contributed by atoms with E-state index in [1.54, 1.807) is 0 Å². The van der Waals surface area contributed by atoms with Crippen molar-refractivity contribution in [1.29, 1.82) is 0 Å². The number of methoxy groups -OCH3 is 2. The zero-order valence-electron chi connectivity index (χ0n) is 17.9. The van der Waals surface area contributed by atoms with Gasteiger partial charge in [-0.3, -0.25) is 25.0 Å². The number of aromatic hydroxyl groups is 1. The summed E-state index contributed by atoms with van der Waals surface area (Å²) in [6.45, 7) is 0.813. The lowest BCUT2D eigenvalue weighted by Crippen LogP contribution is -2.79. The summed E-state index contributed by atoms with van der Waals surface area (Å²) in [5, 5.41) is 10.7. The molecule has 1 saturated heterocycles. The van der Waals surface area contributed by atoms with Crippen LogP contribution in [0.3, 0.4) is 0 Å². The smallest absolute Gasteiger partial charge is 0.355 e. The van der Waals surface area contributed by atoms with Crippen molar-refractivity contribution in [1.82, 2.24) is 10.2 Å². The number of ether oxygens (including phenoxy) is 3. The Morgan fingerprint density at radius 1 is 1.33 bits per heavy atom. The first-order chi connectivity index (χ1) is 15.5. The predicted octanol–water partition coefficient (Wildman–Crippen LogP) is 0.237. The fourth-order valence-corrected chi connectivity index (χ4v) is 5.12. The van der Waals surface area contributed by atoms with E-state index in [0.717, 1.165) is 23.8 Å². The SMILES string of the molecule is COC(=O)C1=C(COC(C)=O)C(NC(=O)Cc2ccc(O)c(Cl)c2)S[C@H]2N1C(=O)C2(N)OC. The Morgan fingerprint density at radius 3 is 2.61 bits per heavy atom. The highest BCUT2D eigenvalue weighted by Crippen LogP contribution is 2.48. The quantitative estimate of drug-likeness (QED) is 0.269. The number of thioether (sulfide) groups is 1. The summed E-state index contributed by atoms with van der Waals surface area (Å²) < 4.78 is 15.1. The number of amides is 2. The molecule has 3 rings (SSSR count). The minimum absolute atomic E-state index is 0.0902. The molecular weight excluding hydrogens is 478 g/mol. The first kappa shape index (κ1) is 24.8. The first-order valence-corrected chi connectivity index (χ1v) is 10.9. The molecule has 1 fully saturated rings. The van der Waals surface area contributed by atoms with Gasteiger partial charge in [0.05, 0.1) is 18.6 Å². The number of phenols is 1. The van der Waals surface area contributed by atoms with E-state index in [4.69, 9.17) is 31.5 Å². The average Bonchev–Trinajstić information content (AvgIpc) is 2.78. The van der Waals surface area contributed by atoms with Crippen molar-refractivity contribution in [3.63, 3.8) is 0 Å². The van der Waals surface area contributed by atoms with Crippen LogP contribution >= 0.6 is 23.4 Å². The number of esters is 2. The van der Waals surface area contributed by atoms with Crippen LogP contribution in [-0.2, 0) is 39.8 Å². The van der Waals surface area contributed by atoms with Gasteiger partial charge >= 0.3 is 11.9 Å². The van der Waals surface area contributed by atoms with E-state index in [9.17, 15) is 24.3 Å². The first-order valence-electron chi connectivity index (χ1n) is 9.58. The van der Waals surface area contributed by atoms with Crippen LogP contribution in [0.25, 0.3) is 0 Å². The van der Waals surface area contributed by atoms with Crippen molar-refractivity contribution < 1.29 is 38.5 Å². The molecule has 2 amide bonds. The number of benzene rings is 1. The number of nitrogens with two attached hydrogens (primary N) is 1. The van der Waals surface area contributed by atoms with Crippen LogP contribution in [-0.4, -0.2) is 71.1 Å². The molecule has 178 valence electrons. The van der Waals surface area contributed by atoms with Gasteiger partial charge in [0.25, 0.3) is 5.91 Å². The lowest BCUT2D eigenvalue weighted by molar-refractivity contribution is -0.183. The third-order valence-corrected chi connectivity index (χ3v) is 6.89. The van der Waals surface area contributed by atoms with Gasteiger partial charge in [0.15, 0.2) is 0 Å². The molecule has 0 bridgehead atoms. The Balaban J connectivity index is 1.94. The molecule has 2 heterocycles. The minimum Gasteiger partial charge on any atom is -0.506 e. The Morgan fingerprint density at radius 2 is 2.03 bits per heavy atom. The van der Waals surface area contributed by atoms with Crippen molar-refractivity contribution in [2.45, 2.75) is 29.8 Å². The number of hydrogen-bond acceptors (Lipinski definition) is 10. The molecule has 2 aliphatic rings. The van der Waals surface area contributed by atoms with Crippen LogP contribution in [0.1, 0.15) is 12.5 Å². The van der Waals surface area contributed by atoms with Crippen LogP contribution in [0.4, 0.5) is 0 Å². The van der Waals surface area contributed by atoms with Gasteiger partial charge in [-0.05, 0) is 17.7 Å². The second-order valence-corrected chi connectivity index (χ2v) is 8.81. The van der Waals surface area contributed by atoms with Crippen LogP contribution < -0.4 is 11.1 Å². The fourth-order valence-electron chi connectivity index (χ4n) is 3.40. The van der Waals surface area contributed by atoms with Crippen LogP contribution in [0.5, 0.6) is 5.75 Å². The number of β-lactam (4-membered cyclic amide) rings is 1. The second-order valence-electron chi connectivity index (χ2n) is 7.22. The van der Waals surface area contributed by atoms with Gasteiger partial charge in [-0.2, -0.15) is 0 Å². The minimum atomic E-state index is -1.72. The summed E-state index contributed by atoms with van der Waals surface area (Å²) in [7, 11) is 2.39. The molecule has 0 radical (unpaired) electrons. The molecule has 3 atom stereocenters. The van der Waals surface area contributed by atoms with Gasteiger partial charge in [-0.1, -0.05) is 17.7 Å². The van der Waals surface area contributed by atoms with Gasteiger partial charge in [-0.25, -0.2) is 4.79 Å². The molecular formula is C20H22ClN3O8S. The van der Waals surface area contributed by atoms with E-state index in [2.05, 4.69) is 5.32 Å². The summed E-state index contributed by atoms with van der Waals surface area (Å²) in [5.74, 6) is -2.74. The zero-order chi connectivity index (χ0) is 24.5. The van der Waals surface area contributed by atoms with Gasteiger partial charge < -0.3 is 24.6 Å². The highest BCUT2D eigenvalue weighted by atomic mass is 35.5. The second kappa shape index (κ2) is 9.59. The van der Waals surface area contributed by atoms with Crippen molar-refractivity contribution in [3.05, 3.63) is 40.1 Å². The van der Waals surface area contributed by atoms with Crippen LogP contribution in [0, 0.1) is 0 Å². The molecule has 2 unspecified atom stereocenters. The third-order valence-electron chi connectivity index (χ3n) is 5.10. The van der Waals surface area contributed by atoms with Gasteiger partial charge in [-0.15, -0.1) is 11.8 Å². The van der Waals surface area contributed by atoms with E-state index in [1.165, 1.54) is 32.2 Å². The van der Waals surface area contributed by atoms with E-state index >= 15 is 0 Å². The molecule has 0 aliphatic carbocycles. The molecule has 33 heavy (non-hydrogen) atoms. The Hall–Kier alpha value is -2.80. The normalized spacial score (nSPS) is 24.0. The molecule has 11 nitrogen and oxygen atoms in total. The summed E-state index contributed by atoms with van der Waals surface area (Å²) >= 11 is 6.95. The number of fused-ring (bicyclic) bond motifs is 1. The Bertz CT molecular complexity index is 1050. The molecule has 0 aromatic heterocycles. The van der Waals surface area contributed by atoms with E-state index in [0.29, 0.717) is 5.56 Å². The van der Waals surface area contributed by atoms with Crippen molar-refractivity contribution in [3.8, 4) is 5.75 Å². The number of hydrogen-bond donors (Lipinski definition) is 3. The van der Waals surface area contributed by atoms with Crippen molar-refractivity contribution in [2.24, 2.45) is 5.73 Å². The van der Waals surface area contributed by atoms with E-state index < -0.39 is 40.2 Å². The van der Waals surface area contributed by atoms with E-state index in [1.807, 2.05) is 0 Å². The van der Waals surface area contributed by atoms with Crippen molar-refractivity contribution >= 4 is 47.1 Å². The van der Waals surface area contributed by atoms with Crippen LogP contribution in [0.2, 0.25) is 5.02 Å². The molecule has 0 saturated carbocycles. The highest BCUT2D eigenvalue weighted by Gasteiger charge is 2.65. The lowest BCUT2D eigenvalue weighted by atomic mass is 9.99. The highest BCUT2D eigenvalue weighted by molar-refractivity contribution is 8.00. The number of carbonyl (C=O) groups is 4. The maximum Gasteiger partial charge on any atom is 0.355 e. The zero-order valence-corrected chi connectivity index (χ0v) is 19.5. The maximum atomic E-state index is 12.8. The number of carbonyl (C=O) groups excluding carboxylic acids is 4. The number of nitrogens with zero attached hydrogens (tertiary/aromatic N) is 1. The molecule has 13 heteroatoms. The van der Waals surface area contributed by atoms with Gasteiger partial charge in [0.1, 0.15) is 28.8 Å².